The molecule has 2 saturated heterocycles. The van der Waals surface area contributed by atoms with Crippen LogP contribution in [0.5, 0.6) is 0 Å². The third kappa shape index (κ3) is 7.36. The minimum atomic E-state index is -0.581. The summed E-state index contributed by atoms with van der Waals surface area (Å²) in [6.07, 6.45) is 7.92. The van der Waals surface area contributed by atoms with Gasteiger partial charge in [-0.25, -0.2) is 10.2 Å². The zero-order valence-corrected chi connectivity index (χ0v) is 26.7. The summed E-state index contributed by atoms with van der Waals surface area (Å²) < 4.78 is 15.2. The Morgan fingerprint density at radius 2 is 1.85 bits per heavy atom. The molecular formula is C35H41FN8O4. The van der Waals surface area contributed by atoms with E-state index in [0.717, 1.165) is 28.5 Å². The van der Waals surface area contributed by atoms with E-state index in [0.29, 0.717) is 68.9 Å². The molecule has 4 heterocycles. The molecule has 2 aromatic carbocycles. The number of carbonyl (C=O) groups excluding carboxylic acids is 4. The van der Waals surface area contributed by atoms with Gasteiger partial charge in [-0.15, -0.1) is 0 Å². The normalized spacial score (nSPS) is 19.0. The van der Waals surface area contributed by atoms with Crippen molar-refractivity contribution in [1.82, 2.24) is 25.1 Å². The average molecular weight is 657 g/mol. The SMILES string of the molecule is N/C=C\N(N)CCC(=O)N1CCC=C(c2ccc3cc(C(=O)N4CCC(c5ccc(NC6CCC(=O)NC6=O)cc5F)CC4)[nH]c3c2)C1. The second-order valence-corrected chi connectivity index (χ2v) is 12.6. The van der Waals surface area contributed by atoms with Crippen LogP contribution in [0.3, 0.4) is 0 Å². The summed E-state index contributed by atoms with van der Waals surface area (Å²) in [6, 6.07) is 12.2. The van der Waals surface area contributed by atoms with Gasteiger partial charge in [-0.1, -0.05) is 24.3 Å². The number of rotatable bonds is 9. The zero-order valence-electron chi connectivity index (χ0n) is 26.7. The number of hydrazine groups is 1. The minimum absolute atomic E-state index is 0.0283. The monoisotopic (exact) mass is 656 g/mol. The Morgan fingerprint density at radius 3 is 2.60 bits per heavy atom. The molecule has 12 nitrogen and oxygen atoms in total. The summed E-state index contributed by atoms with van der Waals surface area (Å²) in [5, 5.41) is 7.64. The molecule has 1 aromatic heterocycles. The van der Waals surface area contributed by atoms with Crippen LogP contribution in [-0.4, -0.2) is 82.2 Å². The van der Waals surface area contributed by atoms with E-state index in [2.05, 4.69) is 21.7 Å². The molecule has 0 saturated carbocycles. The Kier molecular flexibility index (Phi) is 9.76. The van der Waals surface area contributed by atoms with Crippen molar-refractivity contribution in [2.45, 2.75) is 50.5 Å². The zero-order chi connectivity index (χ0) is 33.8. The van der Waals surface area contributed by atoms with E-state index in [1.807, 2.05) is 29.2 Å². The topological polar surface area (TPSA) is 170 Å². The number of anilines is 1. The van der Waals surface area contributed by atoms with Crippen LogP contribution in [0.15, 0.2) is 60.9 Å². The number of benzene rings is 2. The number of carbonyl (C=O) groups is 4. The fourth-order valence-corrected chi connectivity index (χ4v) is 6.72. The van der Waals surface area contributed by atoms with Gasteiger partial charge < -0.3 is 30.8 Å². The molecule has 252 valence electrons. The average Bonchev–Trinajstić information content (AvgIpc) is 3.52. The fourth-order valence-electron chi connectivity index (χ4n) is 6.72. The number of hydrogen-bond donors (Lipinski definition) is 5. The molecule has 0 radical (unpaired) electrons. The van der Waals surface area contributed by atoms with E-state index in [1.54, 1.807) is 17.0 Å². The molecule has 6 rings (SSSR count). The van der Waals surface area contributed by atoms with Crippen molar-refractivity contribution >= 4 is 45.8 Å². The van der Waals surface area contributed by atoms with Gasteiger partial charge in [0.1, 0.15) is 17.6 Å². The number of halogens is 1. The van der Waals surface area contributed by atoms with Crippen molar-refractivity contribution in [2.75, 3.05) is 38.0 Å². The lowest BCUT2D eigenvalue weighted by molar-refractivity contribution is -0.134. The third-order valence-corrected chi connectivity index (χ3v) is 9.39. The molecule has 13 heteroatoms. The lowest BCUT2D eigenvalue weighted by Crippen LogP contribution is -2.47. The number of nitrogens with two attached hydrogens (primary N) is 2. The Hall–Kier alpha value is -5.17. The number of H-pyrrole nitrogens is 1. The molecule has 1 atom stereocenters. The standard InChI is InChI=1S/C35H41FN8O4/c36-28-20-26(39-29-7-8-32(45)41-34(29)47)5-6-27(28)22-9-14-42(15-10-22)35(48)31-19-24-4-3-23(18-30(24)40-31)25-2-1-13-43(21-25)33(46)11-16-44(38)17-12-37/h2-6,12,17-20,22,29,39-40H,1,7-11,13-16,21,37-38H2,(H,41,45,47)/b17-12-. The summed E-state index contributed by atoms with van der Waals surface area (Å²) in [6.45, 7) is 2.53. The summed E-state index contributed by atoms with van der Waals surface area (Å²) in [4.78, 5) is 56.7. The maximum absolute atomic E-state index is 15.2. The number of imide groups is 1. The number of nitrogens with one attached hydrogen (secondary N) is 3. The number of aromatic nitrogens is 1. The first kappa shape index (κ1) is 32.8. The van der Waals surface area contributed by atoms with Gasteiger partial charge in [0.05, 0.1) is 0 Å². The molecule has 0 aliphatic carbocycles. The van der Waals surface area contributed by atoms with Crippen LogP contribution in [0.1, 0.15) is 66.1 Å². The summed E-state index contributed by atoms with van der Waals surface area (Å²) in [5.41, 5.74) is 9.84. The predicted octanol–water partition coefficient (Wildman–Crippen LogP) is 3.16. The second-order valence-electron chi connectivity index (χ2n) is 12.6. The van der Waals surface area contributed by atoms with Crippen LogP contribution in [0, 0.1) is 5.82 Å². The van der Waals surface area contributed by atoms with Crippen molar-refractivity contribution in [3.05, 3.63) is 83.6 Å². The maximum Gasteiger partial charge on any atom is 0.270 e. The number of aromatic amines is 1. The van der Waals surface area contributed by atoms with E-state index in [1.165, 1.54) is 23.5 Å². The fraction of sp³-hybridized carbons (Fsp3) is 0.371. The number of nitrogens with zero attached hydrogens (tertiary/aromatic N) is 3. The van der Waals surface area contributed by atoms with Crippen LogP contribution < -0.4 is 22.2 Å². The van der Waals surface area contributed by atoms with Crippen molar-refractivity contribution in [1.29, 1.82) is 0 Å². The first-order chi connectivity index (χ1) is 23.2. The van der Waals surface area contributed by atoms with Crippen LogP contribution >= 0.6 is 0 Å². The quantitative estimate of drug-likeness (QED) is 0.133. The highest BCUT2D eigenvalue weighted by Gasteiger charge is 2.29. The van der Waals surface area contributed by atoms with Crippen LogP contribution in [0.25, 0.3) is 16.5 Å². The van der Waals surface area contributed by atoms with Gasteiger partial charge in [-0.2, -0.15) is 0 Å². The molecule has 1 unspecified atom stereocenters. The first-order valence-electron chi connectivity index (χ1n) is 16.4. The number of amides is 4. The lowest BCUT2D eigenvalue weighted by atomic mass is 9.88. The van der Waals surface area contributed by atoms with Gasteiger partial charge in [0, 0.05) is 74.6 Å². The Morgan fingerprint density at radius 1 is 1.04 bits per heavy atom. The molecule has 4 amide bonds. The van der Waals surface area contributed by atoms with Crippen molar-refractivity contribution in [3.63, 3.8) is 0 Å². The first-order valence-corrected chi connectivity index (χ1v) is 16.4. The van der Waals surface area contributed by atoms with Crippen molar-refractivity contribution in [3.8, 4) is 0 Å². The van der Waals surface area contributed by atoms with E-state index < -0.39 is 11.9 Å². The highest BCUT2D eigenvalue weighted by atomic mass is 19.1. The smallest absolute Gasteiger partial charge is 0.270 e. The van der Waals surface area contributed by atoms with Gasteiger partial charge in [0.15, 0.2) is 0 Å². The molecule has 2 fully saturated rings. The van der Waals surface area contributed by atoms with Gasteiger partial charge in [0.2, 0.25) is 17.7 Å². The highest BCUT2D eigenvalue weighted by molar-refractivity contribution is 6.01. The molecule has 0 spiro atoms. The highest BCUT2D eigenvalue weighted by Crippen LogP contribution is 2.32. The molecular weight excluding hydrogens is 615 g/mol. The minimum Gasteiger partial charge on any atom is -0.403 e. The van der Waals surface area contributed by atoms with Gasteiger partial charge in [-0.3, -0.25) is 24.5 Å². The number of likely N-dealkylation sites (tertiary alicyclic amines) is 1. The van der Waals surface area contributed by atoms with Gasteiger partial charge in [0.25, 0.3) is 5.91 Å². The Balaban J connectivity index is 1.04. The second kappa shape index (κ2) is 14.3. The largest absolute Gasteiger partial charge is 0.403 e. The summed E-state index contributed by atoms with van der Waals surface area (Å²) in [5.74, 6) is 4.64. The van der Waals surface area contributed by atoms with Crippen molar-refractivity contribution < 1.29 is 23.6 Å². The predicted molar refractivity (Wildman–Crippen MR) is 180 cm³/mol. The third-order valence-electron chi connectivity index (χ3n) is 9.39. The molecule has 7 N–H and O–H groups in total. The number of piperidine rings is 2. The Bertz CT molecular complexity index is 1780. The molecule has 0 bridgehead atoms. The van der Waals surface area contributed by atoms with Crippen LogP contribution in [0.2, 0.25) is 0 Å². The van der Waals surface area contributed by atoms with E-state index in [9.17, 15) is 19.2 Å². The van der Waals surface area contributed by atoms with E-state index in [4.69, 9.17) is 11.6 Å². The molecule has 3 aliphatic rings. The van der Waals surface area contributed by atoms with E-state index in [-0.39, 0.29) is 42.3 Å². The molecule has 3 aromatic rings. The molecule has 48 heavy (non-hydrogen) atoms. The number of hydrogen-bond acceptors (Lipinski definition) is 8. The maximum atomic E-state index is 15.2. The summed E-state index contributed by atoms with van der Waals surface area (Å²) in [7, 11) is 0. The van der Waals surface area contributed by atoms with Crippen molar-refractivity contribution in [2.24, 2.45) is 11.6 Å². The van der Waals surface area contributed by atoms with Gasteiger partial charge in [-0.05, 0) is 72.6 Å². The summed E-state index contributed by atoms with van der Waals surface area (Å²) >= 11 is 0. The Labute approximate surface area is 277 Å². The van der Waals surface area contributed by atoms with E-state index >= 15 is 4.39 Å². The lowest BCUT2D eigenvalue weighted by Gasteiger charge is -2.32. The van der Waals surface area contributed by atoms with Crippen LogP contribution in [-0.2, 0) is 14.4 Å². The van der Waals surface area contributed by atoms with Crippen LogP contribution in [0.4, 0.5) is 10.1 Å². The van der Waals surface area contributed by atoms with Gasteiger partial charge >= 0.3 is 0 Å². The molecule has 3 aliphatic heterocycles. The number of fused-ring (bicyclic) bond motifs is 1.